The SMILES string of the molecule is Cc1ccc(C#N)c(N=Cc2ccccc2)c1.O=Cc1ccccc1. The number of nitrogens with zero attached hydrogens (tertiary/aromatic N) is 2. The lowest BCUT2D eigenvalue weighted by atomic mass is 10.1. The molecular formula is C22H18N2O. The third kappa shape index (κ3) is 5.89. The molecule has 0 aliphatic carbocycles. The molecule has 0 aliphatic heterocycles. The summed E-state index contributed by atoms with van der Waals surface area (Å²) in [7, 11) is 0. The Morgan fingerprint density at radius 3 is 2.00 bits per heavy atom. The summed E-state index contributed by atoms with van der Waals surface area (Å²) >= 11 is 0. The number of aliphatic imine (C=N–C) groups is 1. The van der Waals surface area contributed by atoms with Gasteiger partial charge in [-0.3, -0.25) is 9.79 Å². The van der Waals surface area contributed by atoms with Gasteiger partial charge in [0.2, 0.25) is 0 Å². The van der Waals surface area contributed by atoms with Crippen LogP contribution in [-0.4, -0.2) is 12.5 Å². The number of hydrogen-bond donors (Lipinski definition) is 0. The molecule has 122 valence electrons. The Morgan fingerprint density at radius 2 is 1.48 bits per heavy atom. The summed E-state index contributed by atoms with van der Waals surface area (Å²) in [5, 5.41) is 8.98. The quantitative estimate of drug-likeness (QED) is 0.495. The summed E-state index contributed by atoms with van der Waals surface area (Å²) < 4.78 is 0. The van der Waals surface area contributed by atoms with E-state index in [4.69, 9.17) is 5.26 Å². The number of nitriles is 1. The zero-order valence-electron chi connectivity index (χ0n) is 14.0. The molecular weight excluding hydrogens is 308 g/mol. The van der Waals surface area contributed by atoms with Gasteiger partial charge in [-0.25, -0.2) is 0 Å². The van der Waals surface area contributed by atoms with Crippen LogP contribution in [-0.2, 0) is 0 Å². The van der Waals surface area contributed by atoms with Gasteiger partial charge in [0.05, 0.1) is 11.3 Å². The zero-order valence-corrected chi connectivity index (χ0v) is 14.0. The fourth-order valence-corrected chi connectivity index (χ4v) is 2.06. The Balaban J connectivity index is 0.000000236. The van der Waals surface area contributed by atoms with Crippen LogP contribution in [0.3, 0.4) is 0 Å². The number of hydrogen-bond acceptors (Lipinski definition) is 3. The highest BCUT2D eigenvalue weighted by Gasteiger charge is 1.99. The van der Waals surface area contributed by atoms with Crippen LogP contribution in [0.1, 0.15) is 27.0 Å². The number of carbonyl (C=O) groups is 1. The number of aryl methyl sites for hydroxylation is 1. The van der Waals surface area contributed by atoms with Gasteiger partial charge in [0.15, 0.2) is 0 Å². The molecule has 0 aliphatic rings. The Kier molecular flexibility index (Phi) is 6.84. The lowest BCUT2D eigenvalue weighted by molar-refractivity contribution is 0.112. The number of carbonyl (C=O) groups excluding carboxylic acids is 1. The first-order valence-corrected chi connectivity index (χ1v) is 7.83. The molecule has 0 unspecified atom stereocenters. The van der Waals surface area contributed by atoms with Gasteiger partial charge >= 0.3 is 0 Å². The molecule has 0 N–H and O–H groups in total. The minimum absolute atomic E-state index is 0.600. The Morgan fingerprint density at radius 1 is 0.880 bits per heavy atom. The van der Waals surface area contributed by atoms with E-state index < -0.39 is 0 Å². The van der Waals surface area contributed by atoms with E-state index in [1.54, 1.807) is 24.4 Å². The van der Waals surface area contributed by atoms with E-state index in [1.165, 1.54) is 0 Å². The van der Waals surface area contributed by atoms with E-state index >= 15 is 0 Å². The molecule has 0 spiro atoms. The van der Waals surface area contributed by atoms with Crippen LogP contribution in [0, 0.1) is 18.3 Å². The summed E-state index contributed by atoms with van der Waals surface area (Å²) in [5.74, 6) is 0. The van der Waals surface area contributed by atoms with Gasteiger partial charge in [-0.15, -0.1) is 0 Å². The smallest absolute Gasteiger partial charge is 0.150 e. The van der Waals surface area contributed by atoms with Crippen LogP contribution < -0.4 is 0 Å². The van der Waals surface area contributed by atoms with Crippen LogP contribution in [0.25, 0.3) is 0 Å². The molecule has 0 fully saturated rings. The van der Waals surface area contributed by atoms with Gasteiger partial charge in [-0.2, -0.15) is 5.26 Å². The molecule has 0 amide bonds. The summed E-state index contributed by atoms with van der Waals surface area (Å²) in [5.41, 5.74) is 4.17. The topological polar surface area (TPSA) is 53.2 Å². The second-order valence-corrected chi connectivity index (χ2v) is 5.33. The van der Waals surface area contributed by atoms with Gasteiger partial charge in [0.25, 0.3) is 0 Å². The molecule has 0 aromatic heterocycles. The second-order valence-electron chi connectivity index (χ2n) is 5.33. The average molecular weight is 326 g/mol. The molecule has 3 heteroatoms. The molecule has 3 rings (SSSR count). The highest BCUT2D eigenvalue weighted by Crippen LogP contribution is 2.19. The van der Waals surface area contributed by atoms with E-state index in [9.17, 15) is 4.79 Å². The maximum atomic E-state index is 10.0. The summed E-state index contributed by atoms with van der Waals surface area (Å²) in [6.45, 7) is 1.99. The van der Waals surface area contributed by atoms with Crippen molar-refractivity contribution in [2.45, 2.75) is 6.92 Å². The maximum Gasteiger partial charge on any atom is 0.150 e. The van der Waals surface area contributed by atoms with Crippen molar-refractivity contribution in [3.63, 3.8) is 0 Å². The molecule has 0 bridgehead atoms. The second kappa shape index (κ2) is 9.59. The molecule has 3 aromatic rings. The molecule has 0 saturated carbocycles. The van der Waals surface area contributed by atoms with Gasteiger partial charge in [-0.05, 0) is 30.2 Å². The molecule has 0 saturated heterocycles. The predicted octanol–water partition coefficient (Wildman–Crippen LogP) is 5.12. The Bertz CT molecular complexity index is 879. The lowest BCUT2D eigenvalue weighted by Crippen LogP contribution is -1.82. The van der Waals surface area contributed by atoms with E-state index in [2.05, 4.69) is 11.1 Å². The molecule has 0 radical (unpaired) electrons. The molecule has 3 nitrogen and oxygen atoms in total. The van der Waals surface area contributed by atoms with Crippen molar-refractivity contribution in [2.75, 3.05) is 0 Å². The van der Waals surface area contributed by atoms with Crippen LogP contribution in [0.4, 0.5) is 5.69 Å². The van der Waals surface area contributed by atoms with Gasteiger partial charge in [-0.1, -0.05) is 66.7 Å². The maximum absolute atomic E-state index is 10.0. The van der Waals surface area contributed by atoms with Gasteiger partial charge in [0, 0.05) is 11.8 Å². The normalized spacial score (nSPS) is 9.76. The fourth-order valence-electron chi connectivity index (χ4n) is 2.06. The van der Waals surface area contributed by atoms with E-state index in [1.807, 2.05) is 67.6 Å². The molecule has 0 heterocycles. The monoisotopic (exact) mass is 326 g/mol. The Labute approximate surface area is 147 Å². The van der Waals surface area contributed by atoms with Crippen LogP contribution in [0.15, 0.2) is 83.9 Å². The average Bonchev–Trinajstić information content (AvgIpc) is 2.68. The number of benzene rings is 3. The fraction of sp³-hybridized carbons (Fsp3) is 0.0455. The first kappa shape index (κ1) is 17.8. The minimum atomic E-state index is 0.600. The van der Waals surface area contributed by atoms with Crippen molar-refractivity contribution in [2.24, 2.45) is 4.99 Å². The molecule has 0 atom stereocenters. The Hall–Kier alpha value is -3.51. The number of aldehydes is 1. The van der Waals surface area contributed by atoms with E-state index in [0.717, 1.165) is 28.7 Å². The van der Waals surface area contributed by atoms with Crippen molar-refractivity contribution in [3.05, 3.63) is 101 Å². The predicted molar refractivity (Wildman–Crippen MR) is 101 cm³/mol. The van der Waals surface area contributed by atoms with E-state index in [0.29, 0.717) is 5.56 Å². The van der Waals surface area contributed by atoms with E-state index in [-0.39, 0.29) is 0 Å². The highest BCUT2D eigenvalue weighted by molar-refractivity contribution is 5.82. The van der Waals surface area contributed by atoms with Gasteiger partial charge < -0.3 is 0 Å². The zero-order chi connectivity index (χ0) is 17.9. The highest BCUT2D eigenvalue weighted by atomic mass is 16.1. The molecule has 3 aromatic carbocycles. The van der Waals surface area contributed by atoms with Crippen molar-refractivity contribution in [1.29, 1.82) is 5.26 Å². The third-order valence-corrected chi connectivity index (χ3v) is 3.36. The first-order valence-electron chi connectivity index (χ1n) is 7.83. The summed E-state index contributed by atoms with van der Waals surface area (Å²) in [4.78, 5) is 14.4. The van der Waals surface area contributed by atoms with Crippen LogP contribution >= 0.6 is 0 Å². The first-order chi connectivity index (χ1) is 12.2. The molecule has 25 heavy (non-hydrogen) atoms. The lowest BCUT2D eigenvalue weighted by Gasteiger charge is -1.99. The number of rotatable bonds is 3. The van der Waals surface area contributed by atoms with Crippen LogP contribution in [0.2, 0.25) is 0 Å². The summed E-state index contributed by atoms with van der Waals surface area (Å²) in [6.07, 6.45) is 2.61. The van der Waals surface area contributed by atoms with Crippen molar-refractivity contribution >= 4 is 18.2 Å². The van der Waals surface area contributed by atoms with Crippen molar-refractivity contribution < 1.29 is 4.79 Å². The largest absolute Gasteiger partial charge is 0.298 e. The standard InChI is InChI=1S/C15H12N2.C7H6O/c1-12-7-8-14(10-16)15(9-12)17-11-13-5-3-2-4-6-13;8-6-7-4-2-1-3-5-7/h2-9,11H,1H3;1-6H. The van der Waals surface area contributed by atoms with Crippen molar-refractivity contribution in [1.82, 2.24) is 0 Å². The minimum Gasteiger partial charge on any atom is -0.298 e. The third-order valence-electron chi connectivity index (χ3n) is 3.36. The van der Waals surface area contributed by atoms with Gasteiger partial charge in [0.1, 0.15) is 12.4 Å². The van der Waals surface area contributed by atoms with Crippen LogP contribution in [0.5, 0.6) is 0 Å². The van der Waals surface area contributed by atoms with Crippen molar-refractivity contribution in [3.8, 4) is 6.07 Å². The summed E-state index contributed by atoms with van der Waals surface area (Å²) in [6, 6.07) is 26.7.